The maximum Gasteiger partial charge on any atom is 0.296 e. The number of aromatic nitrogens is 5. The second-order valence-corrected chi connectivity index (χ2v) is 6.05. The van der Waals surface area contributed by atoms with Gasteiger partial charge in [0.05, 0.1) is 11.3 Å². The molecule has 2 aromatic heterocycles. The van der Waals surface area contributed by atoms with Gasteiger partial charge >= 0.3 is 0 Å². The van der Waals surface area contributed by atoms with Crippen LogP contribution in [0.4, 0.5) is 0 Å². The van der Waals surface area contributed by atoms with Crippen molar-refractivity contribution in [2.24, 2.45) is 7.05 Å². The Bertz CT molecular complexity index is 672. The third kappa shape index (κ3) is 2.05. The summed E-state index contributed by atoms with van der Waals surface area (Å²) in [5.41, 5.74) is 2.28. The zero-order valence-electron chi connectivity index (χ0n) is 9.39. The number of rotatable bonds is 2. The Morgan fingerprint density at radius 2 is 2.00 bits per heavy atom. The Morgan fingerprint density at radius 3 is 2.41 bits per heavy atom. The number of hydrogen-bond donors (Lipinski definition) is 1. The van der Waals surface area contributed by atoms with Crippen LogP contribution in [0.5, 0.6) is 0 Å². The summed E-state index contributed by atoms with van der Waals surface area (Å²) in [6.07, 6.45) is 0. The van der Waals surface area contributed by atoms with E-state index in [4.69, 9.17) is 10.7 Å². The lowest BCUT2D eigenvalue weighted by Crippen LogP contribution is -1.94. The number of nitrogens with zero attached hydrogens (tertiary/aromatic N) is 4. The molecular weight excluding hydrogens is 266 g/mol. The SMILES string of the molecule is Cc1nn(C)c(C)c1-c1n[nH]c(S(=O)(=O)Cl)n1. The molecule has 0 radical (unpaired) electrons. The van der Waals surface area contributed by atoms with E-state index in [9.17, 15) is 8.42 Å². The van der Waals surface area contributed by atoms with Crippen LogP contribution < -0.4 is 0 Å². The van der Waals surface area contributed by atoms with Crippen molar-refractivity contribution in [1.82, 2.24) is 25.0 Å². The van der Waals surface area contributed by atoms with Crippen LogP contribution in [-0.2, 0) is 16.1 Å². The van der Waals surface area contributed by atoms with E-state index in [0.717, 1.165) is 11.4 Å². The summed E-state index contributed by atoms with van der Waals surface area (Å²) < 4.78 is 23.8. The lowest BCUT2D eigenvalue weighted by molar-refractivity contribution is 0.602. The lowest BCUT2D eigenvalue weighted by Gasteiger charge is -1.95. The summed E-state index contributed by atoms with van der Waals surface area (Å²) in [5, 5.41) is 9.96. The van der Waals surface area contributed by atoms with Crippen molar-refractivity contribution in [3.63, 3.8) is 0 Å². The molecule has 0 aliphatic rings. The van der Waals surface area contributed by atoms with Crippen LogP contribution >= 0.6 is 10.7 Å². The van der Waals surface area contributed by atoms with Gasteiger partial charge in [-0.2, -0.15) is 15.2 Å². The number of halogens is 1. The maximum absolute atomic E-state index is 11.1. The zero-order valence-corrected chi connectivity index (χ0v) is 11.0. The van der Waals surface area contributed by atoms with Crippen molar-refractivity contribution in [3.05, 3.63) is 11.4 Å². The first-order valence-corrected chi connectivity index (χ1v) is 6.99. The molecule has 9 heteroatoms. The molecule has 2 rings (SSSR count). The fourth-order valence-corrected chi connectivity index (χ4v) is 2.12. The molecule has 0 aromatic carbocycles. The van der Waals surface area contributed by atoms with Crippen LogP contribution in [0.1, 0.15) is 11.4 Å². The Kier molecular flexibility index (Phi) is 2.70. The van der Waals surface area contributed by atoms with E-state index in [1.807, 2.05) is 6.92 Å². The van der Waals surface area contributed by atoms with Gasteiger partial charge in [0.1, 0.15) is 0 Å². The minimum absolute atomic E-state index is 0.271. The minimum atomic E-state index is -3.89. The van der Waals surface area contributed by atoms with Gasteiger partial charge in [-0.25, -0.2) is 13.5 Å². The average Bonchev–Trinajstić information content (AvgIpc) is 2.73. The van der Waals surface area contributed by atoms with Gasteiger partial charge in [-0.15, -0.1) is 0 Å². The summed E-state index contributed by atoms with van der Waals surface area (Å²) in [6.45, 7) is 3.65. The highest BCUT2D eigenvalue weighted by atomic mass is 35.7. The smallest absolute Gasteiger partial charge is 0.272 e. The fourth-order valence-electron chi connectivity index (χ4n) is 1.57. The first-order chi connectivity index (χ1) is 7.80. The normalized spacial score (nSPS) is 12.0. The monoisotopic (exact) mass is 275 g/mol. The molecule has 0 bridgehead atoms. The fraction of sp³-hybridized carbons (Fsp3) is 0.375. The van der Waals surface area contributed by atoms with Crippen LogP contribution in [0.25, 0.3) is 11.4 Å². The molecule has 0 saturated heterocycles. The maximum atomic E-state index is 11.1. The highest BCUT2D eigenvalue weighted by molar-refractivity contribution is 8.13. The molecular formula is C8H10ClN5O2S. The highest BCUT2D eigenvalue weighted by Gasteiger charge is 2.20. The number of aromatic amines is 1. The van der Waals surface area contributed by atoms with Crippen LogP contribution in [0.15, 0.2) is 5.16 Å². The van der Waals surface area contributed by atoms with E-state index in [-0.39, 0.29) is 11.0 Å². The van der Waals surface area contributed by atoms with Gasteiger partial charge in [-0.1, -0.05) is 0 Å². The summed E-state index contributed by atoms with van der Waals surface area (Å²) in [6, 6.07) is 0. The molecule has 17 heavy (non-hydrogen) atoms. The summed E-state index contributed by atoms with van der Waals surface area (Å²) in [4.78, 5) is 3.85. The van der Waals surface area contributed by atoms with E-state index in [1.165, 1.54) is 0 Å². The van der Waals surface area contributed by atoms with Crippen molar-refractivity contribution in [3.8, 4) is 11.4 Å². The van der Waals surface area contributed by atoms with Crippen molar-refractivity contribution in [2.75, 3.05) is 0 Å². The predicted molar refractivity (Wildman–Crippen MR) is 61.1 cm³/mol. The third-order valence-corrected chi connectivity index (χ3v) is 3.51. The van der Waals surface area contributed by atoms with E-state index in [2.05, 4.69) is 20.3 Å². The van der Waals surface area contributed by atoms with Crippen LogP contribution in [-0.4, -0.2) is 33.4 Å². The number of aryl methyl sites for hydroxylation is 2. The minimum Gasteiger partial charge on any atom is -0.272 e. The molecule has 2 heterocycles. The summed E-state index contributed by atoms with van der Waals surface area (Å²) >= 11 is 0. The second kappa shape index (κ2) is 3.81. The highest BCUT2D eigenvalue weighted by Crippen LogP contribution is 2.24. The molecule has 0 spiro atoms. The van der Waals surface area contributed by atoms with Crippen LogP contribution in [0, 0.1) is 13.8 Å². The number of H-pyrrole nitrogens is 1. The Balaban J connectivity index is 2.59. The van der Waals surface area contributed by atoms with Gasteiger partial charge in [0, 0.05) is 23.4 Å². The zero-order chi connectivity index (χ0) is 12.8. The number of hydrogen-bond acceptors (Lipinski definition) is 5. The molecule has 0 saturated carbocycles. The molecule has 7 nitrogen and oxygen atoms in total. The topological polar surface area (TPSA) is 93.5 Å². The van der Waals surface area contributed by atoms with Crippen LogP contribution in [0.3, 0.4) is 0 Å². The molecule has 0 atom stereocenters. The Labute approximate surface area is 102 Å². The van der Waals surface area contributed by atoms with Crippen molar-refractivity contribution >= 4 is 19.7 Å². The molecule has 0 aliphatic carbocycles. The van der Waals surface area contributed by atoms with E-state index in [0.29, 0.717) is 5.56 Å². The number of nitrogens with one attached hydrogen (secondary N) is 1. The van der Waals surface area contributed by atoms with Gasteiger partial charge in [-0.05, 0) is 13.8 Å². The molecule has 0 unspecified atom stereocenters. The van der Waals surface area contributed by atoms with Gasteiger partial charge in [-0.3, -0.25) is 4.68 Å². The van der Waals surface area contributed by atoms with Crippen molar-refractivity contribution in [2.45, 2.75) is 19.0 Å². The Morgan fingerprint density at radius 1 is 1.35 bits per heavy atom. The largest absolute Gasteiger partial charge is 0.296 e. The predicted octanol–water partition coefficient (Wildman–Crippen LogP) is 0.750. The van der Waals surface area contributed by atoms with Gasteiger partial charge < -0.3 is 0 Å². The average molecular weight is 276 g/mol. The Hall–Kier alpha value is -1.41. The van der Waals surface area contributed by atoms with Gasteiger partial charge in [0.2, 0.25) is 0 Å². The van der Waals surface area contributed by atoms with E-state index < -0.39 is 9.05 Å². The first kappa shape index (κ1) is 12.1. The molecule has 0 aliphatic heterocycles. The van der Waals surface area contributed by atoms with Crippen molar-refractivity contribution < 1.29 is 8.42 Å². The van der Waals surface area contributed by atoms with Crippen molar-refractivity contribution in [1.29, 1.82) is 0 Å². The summed E-state index contributed by atoms with van der Waals surface area (Å²) in [5.74, 6) is 0.271. The molecule has 0 amide bonds. The second-order valence-electron chi connectivity index (χ2n) is 3.57. The molecule has 2 aromatic rings. The quantitative estimate of drug-likeness (QED) is 0.816. The van der Waals surface area contributed by atoms with E-state index in [1.54, 1.807) is 18.7 Å². The summed E-state index contributed by atoms with van der Waals surface area (Å²) in [7, 11) is 3.06. The molecule has 92 valence electrons. The van der Waals surface area contributed by atoms with Gasteiger partial charge in [0.15, 0.2) is 5.82 Å². The van der Waals surface area contributed by atoms with Gasteiger partial charge in [0.25, 0.3) is 14.2 Å². The standard InChI is InChI=1S/C8H10ClN5O2S/c1-4-6(5(2)14(3)13-4)7-10-8(12-11-7)17(9,15)16/h1-3H3,(H,10,11,12). The van der Waals surface area contributed by atoms with E-state index >= 15 is 0 Å². The third-order valence-electron chi connectivity index (χ3n) is 2.43. The molecule has 1 N–H and O–H groups in total. The van der Waals surface area contributed by atoms with Crippen LogP contribution in [0.2, 0.25) is 0 Å². The molecule has 0 fully saturated rings. The first-order valence-electron chi connectivity index (χ1n) is 4.68. The lowest BCUT2D eigenvalue weighted by atomic mass is 10.2.